The number of nitrogens with two attached hydrogens (primary N) is 1. The van der Waals surface area contributed by atoms with Gasteiger partial charge in [-0.15, -0.1) is 0 Å². The van der Waals surface area contributed by atoms with Gasteiger partial charge in [0, 0.05) is 23.0 Å². The smallest absolute Gasteiger partial charge is 0.255 e. The molecule has 112 valence electrons. The van der Waals surface area contributed by atoms with Gasteiger partial charge in [-0.2, -0.15) is 11.8 Å². The van der Waals surface area contributed by atoms with E-state index in [1.807, 2.05) is 0 Å². The van der Waals surface area contributed by atoms with Crippen LogP contribution >= 0.6 is 11.8 Å². The van der Waals surface area contributed by atoms with E-state index in [1.54, 1.807) is 30.0 Å². The second kappa shape index (κ2) is 7.43. The first-order valence-electron chi connectivity index (χ1n) is 6.78. The SMILES string of the molecule is CCC(CC)(CNC(=O)c1ccc(N)cc1OC)SC. The minimum Gasteiger partial charge on any atom is -0.496 e. The molecule has 0 atom stereocenters. The summed E-state index contributed by atoms with van der Waals surface area (Å²) < 4.78 is 5.31. The second-order valence-electron chi connectivity index (χ2n) is 4.74. The fourth-order valence-corrected chi connectivity index (χ4v) is 2.89. The first-order valence-corrected chi connectivity index (χ1v) is 8.01. The van der Waals surface area contributed by atoms with Crippen molar-refractivity contribution in [3.8, 4) is 5.75 Å². The molecule has 0 fully saturated rings. The summed E-state index contributed by atoms with van der Waals surface area (Å²) >= 11 is 1.80. The van der Waals surface area contributed by atoms with Crippen LogP contribution in [0.4, 0.5) is 5.69 Å². The van der Waals surface area contributed by atoms with E-state index in [0.29, 0.717) is 23.5 Å². The topological polar surface area (TPSA) is 64.4 Å². The van der Waals surface area contributed by atoms with E-state index in [-0.39, 0.29) is 10.7 Å². The van der Waals surface area contributed by atoms with Gasteiger partial charge in [-0.1, -0.05) is 13.8 Å². The third kappa shape index (κ3) is 3.82. The maximum atomic E-state index is 12.3. The summed E-state index contributed by atoms with van der Waals surface area (Å²) in [6.07, 6.45) is 4.12. The standard InChI is InChI=1S/C15H24N2O2S/c1-5-15(6-2,20-4)10-17-14(18)12-8-7-11(16)9-13(12)19-3/h7-9H,5-6,10,16H2,1-4H3,(H,17,18). The highest BCUT2D eigenvalue weighted by molar-refractivity contribution is 8.00. The summed E-state index contributed by atoms with van der Waals surface area (Å²) in [6.45, 7) is 4.94. The van der Waals surface area contributed by atoms with Crippen LogP contribution in [0.5, 0.6) is 5.75 Å². The Morgan fingerprint density at radius 2 is 2.05 bits per heavy atom. The van der Waals surface area contributed by atoms with Crippen LogP contribution < -0.4 is 15.8 Å². The molecule has 1 aromatic rings. The molecule has 1 aromatic carbocycles. The highest BCUT2D eigenvalue weighted by Gasteiger charge is 2.26. The predicted octanol–water partition coefficient (Wildman–Crippen LogP) is 2.93. The van der Waals surface area contributed by atoms with Gasteiger partial charge in [0.05, 0.1) is 12.7 Å². The maximum Gasteiger partial charge on any atom is 0.255 e. The molecule has 5 heteroatoms. The Balaban J connectivity index is 2.82. The second-order valence-corrected chi connectivity index (χ2v) is 6.01. The van der Waals surface area contributed by atoms with Gasteiger partial charge in [0.25, 0.3) is 5.91 Å². The van der Waals surface area contributed by atoms with Crippen LogP contribution in [-0.2, 0) is 0 Å². The third-order valence-electron chi connectivity index (χ3n) is 3.76. The van der Waals surface area contributed by atoms with Gasteiger partial charge in [-0.3, -0.25) is 4.79 Å². The molecule has 0 aliphatic heterocycles. The van der Waals surface area contributed by atoms with Crippen molar-refractivity contribution in [2.45, 2.75) is 31.4 Å². The normalized spacial score (nSPS) is 11.2. The van der Waals surface area contributed by atoms with Crippen molar-refractivity contribution < 1.29 is 9.53 Å². The Labute approximate surface area is 125 Å². The molecule has 0 spiro atoms. The monoisotopic (exact) mass is 296 g/mol. The number of amides is 1. The molecule has 0 saturated carbocycles. The molecule has 1 amide bonds. The number of benzene rings is 1. The minimum absolute atomic E-state index is 0.0940. The Hall–Kier alpha value is -1.36. The zero-order valence-corrected chi connectivity index (χ0v) is 13.5. The van der Waals surface area contributed by atoms with Gasteiger partial charge in [-0.25, -0.2) is 0 Å². The molecule has 0 saturated heterocycles. The first-order chi connectivity index (χ1) is 9.51. The molecule has 0 aliphatic rings. The summed E-state index contributed by atoms with van der Waals surface area (Å²) in [7, 11) is 1.54. The number of methoxy groups -OCH3 is 1. The first kappa shape index (κ1) is 16.7. The van der Waals surface area contributed by atoms with Crippen LogP contribution in [0.25, 0.3) is 0 Å². The van der Waals surface area contributed by atoms with E-state index in [2.05, 4.69) is 25.4 Å². The molecule has 4 nitrogen and oxygen atoms in total. The molecular weight excluding hydrogens is 272 g/mol. The maximum absolute atomic E-state index is 12.3. The zero-order valence-electron chi connectivity index (χ0n) is 12.7. The summed E-state index contributed by atoms with van der Waals surface area (Å²) in [5.74, 6) is 0.382. The lowest BCUT2D eigenvalue weighted by Crippen LogP contribution is -2.39. The van der Waals surface area contributed by atoms with Crippen molar-refractivity contribution in [3.05, 3.63) is 23.8 Å². The summed E-state index contributed by atoms with van der Waals surface area (Å²) in [5.41, 5.74) is 6.80. The number of ether oxygens (including phenoxy) is 1. The highest BCUT2D eigenvalue weighted by Crippen LogP contribution is 2.30. The molecule has 1 rings (SSSR count). The lowest BCUT2D eigenvalue weighted by atomic mass is 10.0. The number of anilines is 1. The molecule has 0 aliphatic carbocycles. The van der Waals surface area contributed by atoms with Gasteiger partial charge < -0.3 is 15.8 Å². The van der Waals surface area contributed by atoms with Crippen molar-refractivity contribution >= 4 is 23.4 Å². The van der Waals surface area contributed by atoms with Gasteiger partial charge in [0.1, 0.15) is 5.75 Å². The number of carbonyl (C=O) groups excluding carboxylic acids is 1. The van der Waals surface area contributed by atoms with Crippen LogP contribution in [0.15, 0.2) is 18.2 Å². The van der Waals surface area contributed by atoms with E-state index < -0.39 is 0 Å². The number of carbonyl (C=O) groups is 1. The molecule has 20 heavy (non-hydrogen) atoms. The molecule has 0 bridgehead atoms. The Morgan fingerprint density at radius 3 is 2.55 bits per heavy atom. The molecule has 0 unspecified atom stereocenters. The number of rotatable bonds is 7. The number of hydrogen-bond acceptors (Lipinski definition) is 4. The van der Waals surface area contributed by atoms with Gasteiger partial charge in [0.2, 0.25) is 0 Å². The average molecular weight is 296 g/mol. The Bertz CT molecular complexity index is 451. The number of nitrogens with one attached hydrogen (secondary N) is 1. The van der Waals surface area contributed by atoms with Gasteiger partial charge in [-0.05, 0) is 31.2 Å². The summed E-state index contributed by atoms with van der Waals surface area (Å²) in [4.78, 5) is 12.3. The van der Waals surface area contributed by atoms with Crippen molar-refractivity contribution in [3.63, 3.8) is 0 Å². The van der Waals surface area contributed by atoms with E-state index in [4.69, 9.17) is 10.5 Å². The van der Waals surface area contributed by atoms with Crippen LogP contribution in [-0.4, -0.2) is 30.6 Å². The summed E-state index contributed by atoms with van der Waals surface area (Å²) in [6, 6.07) is 5.07. The largest absolute Gasteiger partial charge is 0.496 e. The molecule has 0 heterocycles. The zero-order chi connectivity index (χ0) is 15.2. The Kier molecular flexibility index (Phi) is 6.20. The van der Waals surface area contributed by atoms with Crippen LogP contribution in [0, 0.1) is 0 Å². The van der Waals surface area contributed by atoms with Crippen molar-refractivity contribution in [1.82, 2.24) is 5.32 Å². The van der Waals surface area contributed by atoms with Crippen molar-refractivity contribution in [2.24, 2.45) is 0 Å². The van der Waals surface area contributed by atoms with Gasteiger partial charge in [0.15, 0.2) is 0 Å². The van der Waals surface area contributed by atoms with E-state index in [1.165, 1.54) is 7.11 Å². The predicted molar refractivity (Wildman–Crippen MR) is 86.6 cm³/mol. The van der Waals surface area contributed by atoms with Crippen LogP contribution in [0.3, 0.4) is 0 Å². The number of hydrogen-bond donors (Lipinski definition) is 2. The molecule has 0 radical (unpaired) electrons. The highest BCUT2D eigenvalue weighted by atomic mass is 32.2. The van der Waals surface area contributed by atoms with E-state index >= 15 is 0 Å². The fraction of sp³-hybridized carbons (Fsp3) is 0.533. The average Bonchev–Trinajstić information content (AvgIpc) is 2.48. The van der Waals surface area contributed by atoms with Crippen molar-refractivity contribution in [2.75, 3.05) is 25.6 Å². The molecule has 0 aromatic heterocycles. The lowest BCUT2D eigenvalue weighted by Gasteiger charge is -2.29. The van der Waals surface area contributed by atoms with Crippen LogP contribution in [0.2, 0.25) is 0 Å². The number of nitrogen functional groups attached to an aromatic ring is 1. The lowest BCUT2D eigenvalue weighted by molar-refractivity contribution is 0.0946. The number of thioether (sulfide) groups is 1. The molecular formula is C15H24N2O2S. The third-order valence-corrected chi connectivity index (χ3v) is 5.35. The Morgan fingerprint density at radius 1 is 1.40 bits per heavy atom. The minimum atomic E-state index is -0.123. The quantitative estimate of drug-likeness (QED) is 0.759. The van der Waals surface area contributed by atoms with E-state index in [9.17, 15) is 4.79 Å². The summed E-state index contributed by atoms with van der Waals surface area (Å²) in [5, 5.41) is 3.01. The fourth-order valence-electron chi connectivity index (χ4n) is 2.09. The molecule has 3 N–H and O–H groups in total. The van der Waals surface area contributed by atoms with Gasteiger partial charge >= 0.3 is 0 Å². The van der Waals surface area contributed by atoms with E-state index in [0.717, 1.165) is 12.8 Å². The van der Waals surface area contributed by atoms with Crippen molar-refractivity contribution in [1.29, 1.82) is 0 Å². The van der Waals surface area contributed by atoms with Crippen LogP contribution in [0.1, 0.15) is 37.0 Å².